The van der Waals surface area contributed by atoms with Crippen molar-refractivity contribution in [3.63, 3.8) is 0 Å². The van der Waals surface area contributed by atoms with Crippen LogP contribution in [-0.4, -0.2) is 34.2 Å². The van der Waals surface area contributed by atoms with E-state index in [0.29, 0.717) is 5.92 Å². The second kappa shape index (κ2) is 4.33. The molecule has 2 aromatic rings. The first-order valence-electron chi connectivity index (χ1n) is 6.09. The molecule has 1 fully saturated rings. The molecule has 3 rings (SSSR count). The van der Waals surface area contributed by atoms with Gasteiger partial charge in [0.05, 0.1) is 0 Å². The first kappa shape index (κ1) is 10.5. The van der Waals surface area contributed by atoms with Gasteiger partial charge in [0.1, 0.15) is 0 Å². The van der Waals surface area contributed by atoms with Gasteiger partial charge in [-0.05, 0) is 44.0 Å². The molecule has 0 radical (unpaired) electrons. The Morgan fingerprint density at radius 1 is 1.59 bits per heavy atom. The lowest BCUT2D eigenvalue weighted by Gasteiger charge is -2.07. The molecule has 0 aliphatic carbocycles. The number of aryl methyl sites for hydroxylation is 1. The molecule has 0 saturated carbocycles. The Kier molecular flexibility index (Phi) is 2.68. The summed E-state index contributed by atoms with van der Waals surface area (Å²) < 4.78 is 1.82. The predicted octanol–water partition coefficient (Wildman–Crippen LogP) is 1.06. The average Bonchev–Trinajstić information content (AvgIpc) is 2.95. The fourth-order valence-electron chi connectivity index (χ4n) is 2.24. The molecule has 5 nitrogen and oxygen atoms in total. The van der Waals surface area contributed by atoms with Crippen molar-refractivity contribution in [2.75, 3.05) is 25.0 Å². The minimum absolute atomic E-state index is 0.697. The normalized spacial score (nSPS) is 19.9. The van der Waals surface area contributed by atoms with E-state index in [4.69, 9.17) is 0 Å². The molecule has 1 atom stereocenters. The number of hydrogen-bond acceptors (Lipinski definition) is 4. The molecular weight excluding hydrogens is 214 g/mol. The van der Waals surface area contributed by atoms with Gasteiger partial charge in [-0.25, -0.2) is 4.52 Å². The van der Waals surface area contributed by atoms with Crippen molar-refractivity contribution in [3.05, 3.63) is 23.9 Å². The van der Waals surface area contributed by atoms with Gasteiger partial charge in [0.2, 0.25) is 5.95 Å². The number of pyridine rings is 1. The van der Waals surface area contributed by atoms with Gasteiger partial charge in [0.25, 0.3) is 0 Å². The van der Waals surface area contributed by atoms with Crippen LogP contribution in [0, 0.1) is 12.8 Å². The van der Waals surface area contributed by atoms with E-state index in [1.807, 2.05) is 16.8 Å². The smallest absolute Gasteiger partial charge is 0.243 e. The lowest BCUT2D eigenvalue weighted by Crippen LogP contribution is -2.17. The highest BCUT2D eigenvalue weighted by molar-refractivity contribution is 5.49. The number of fused-ring (bicyclic) bond motifs is 1. The van der Waals surface area contributed by atoms with Gasteiger partial charge in [-0.1, -0.05) is 6.07 Å². The van der Waals surface area contributed by atoms with Gasteiger partial charge >= 0.3 is 0 Å². The maximum atomic E-state index is 4.49. The van der Waals surface area contributed by atoms with Gasteiger partial charge in [0.15, 0.2) is 5.65 Å². The van der Waals surface area contributed by atoms with Crippen LogP contribution in [0.25, 0.3) is 5.65 Å². The monoisotopic (exact) mass is 231 g/mol. The van der Waals surface area contributed by atoms with Crippen molar-refractivity contribution in [2.24, 2.45) is 5.92 Å². The standard InChI is InChI=1S/C12H17N5/c1-9-3-2-6-17-11(9)15-12(16-17)14-8-10-4-5-13-7-10/h2-3,6,10,13H,4-5,7-8H2,1H3,(H,14,16). The molecule has 17 heavy (non-hydrogen) atoms. The molecule has 0 amide bonds. The zero-order chi connectivity index (χ0) is 11.7. The summed E-state index contributed by atoms with van der Waals surface area (Å²) in [5.41, 5.74) is 2.08. The van der Waals surface area contributed by atoms with Crippen molar-refractivity contribution >= 4 is 11.6 Å². The summed E-state index contributed by atoms with van der Waals surface area (Å²) in [5, 5.41) is 11.1. The van der Waals surface area contributed by atoms with E-state index >= 15 is 0 Å². The highest BCUT2D eigenvalue weighted by Crippen LogP contribution is 2.12. The Balaban J connectivity index is 1.74. The highest BCUT2D eigenvalue weighted by Gasteiger charge is 2.14. The van der Waals surface area contributed by atoms with Crippen molar-refractivity contribution in [1.82, 2.24) is 19.9 Å². The SMILES string of the molecule is Cc1cccn2nc(NCC3CCNC3)nc12. The maximum Gasteiger partial charge on any atom is 0.243 e. The minimum Gasteiger partial charge on any atom is -0.353 e. The maximum absolute atomic E-state index is 4.49. The number of rotatable bonds is 3. The number of anilines is 1. The van der Waals surface area contributed by atoms with Gasteiger partial charge < -0.3 is 10.6 Å². The summed E-state index contributed by atoms with van der Waals surface area (Å²) in [4.78, 5) is 4.49. The van der Waals surface area contributed by atoms with Crippen LogP contribution in [0.5, 0.6) is 0 Å². The van der Waals surface area contributed by atoms with E-state index < -0.39 is 0 Å². The molecule has 90 valence electrons. The molecule has 1 aliphatic rings. The molecule has 1 saturated heterocycles. The fourth-order valence-corrected chi connectivity index (χ4v) is 2.24. The Hall–Kier alpha value is -1.62. The first-order chi connectivity index (χ1) is 8.33. The summed E-state index contributed by atoms with van der Waals surface area (Å²) >= 11 is 0. The van der Waals surface area contributed by atoms with Crippen LogP contribution >= 0.6 is 0 Å². The van der Waals surface area contributed by atoms with E-state index in [0.717, 1.165) is 36.8 Å². The van der Waals surface area contributed by atoms with Gasteiger partial charge in [0, 0.05) is 12.7 Å². The van der Waals surface area contributed by atoms with Crippen molar-refractivity contribution < 1.29 is 0 Å². The number of hydrogen-bond donors (Lipinski definition) is 2. The van der Waals surface area contributed by atoms with Crippen LogP contribution in [-0.2, 0) is 0 Å². The third-order valence-electron chi connectivity index (χ3n) is 3.27. The minimum atomic E-state index is 0.697. The lowest BCUT2D eigenvalue weighted by atomic mass is 10.1. The van der Waals surface area contributed by atoms with Gasteiger partial charge in [-0.15, -0.1) is 5.10 Å². The molecule has 0 bridgehead atoms. The van der Waals surface area contributed by atoms with Gasteiger partial charge in [-0.2, -0.15) is 4.98 Å². The third-order valence-corrected chi connectivity index (χ3v) is 3.27. The van der Waals surface area contributed by atoms with Crippen LogP contribution < -0.4 is 10.6 Å². The van der Waals surface area contributed by atoms with Crippen LogP contribution in [0.4, 0.5) is 5.95 Å². The van der Waals surface area contributed by atoms with E-state index in [9.17, 15) is 0 Å². The molecule has 5 heteroatoms. The number of aromatic nitrogens is 3. The van der Waals surface area contributed by atoms with Crippen LogP contribution in [0.1, 0.15) is 12.0 Å². The van der Waals surface area contributed by atoms with Crippen molar-refractivity contribution in [1.29, 1.82) is 0 Å². The van der Waals surface area contributed by atoms with E-state index in [1.165, 1.54) is 6.42 Å². The Morgan fingerprint density at radius 2 is 2.53 bits per heavy atom. The molecule has 2 aromatic heterocycles. The highest BCUT2D eigenvalue weighted by atomic mass is 15.3. The van der Waals surface area contributed by atoms with Crippen LogP contribution in [0.15, 0.2) is 18.3 Å². The Morgan fingerprint density at radius 3 is 3.29 bits per heavy atom. The van der Waals surface area contributed by atoms with Crippen molar-refractivity contribution in [2.45, 2.75) is 13.3 Å². The topological polar surface area (TPSA) is 54.2 Å². The van der Waals surface area contributed by atoms with Crippen LogP contribution in [0.2, 0.25) is 0 Å². The lowest BCUT2D eigenvalue weighted by molar-refractivity contribution is 0.613. The summed E-state index contributed by atoms with van der Waals surface area (Å²) in [6.07, 6.45) is 3.16. The summed E-state index contributed by atoms with van der Waals surface area (Å²) in [7, 11) is 0. The zero-order valence-electron chi connectivity index (χ0n) is 9.98. The Labute approximate surface area is 100 Å². The second-order valence-corrected chi connectivity index (χ2v) is 4.63. The summed E-state index contributed by atoms with van der Waals surface area (Å²) in [5.74, 6) is 1.42. The van der Waals surface area contributed by atoms with E-state index in [1.54, 1.807) is 0 Å². The van der Waals surface area contributed by atoms with E-state index in [-0.39, 0.29) is 0 Å². The molecule has 1 aliphatic heterocycles. The van der Waals surface area contributed by atoms with E-state index in [2.05, 4.69) is 33.7 Å². The molecule has 0 spiro atoms. The number of nitrogens with zero attached hydrogens (tertiary/aromatic N) is 3. The number of nitrogens with one attached hydrogen (secondary N) is 2. The second-order valence-electron chi connectivity index (χ2n) is 4.63. The van der Waals surface area contributed by atoms with Crippen molar-refractivity contribution in [3.8, 4) is 0 Å². The quantitative estimate of drug-likeness (QED) is 0.829. The first-order valence-corrected chi connectivity index (χ1v) is 6.09. The predicted molar refractivity (Wildman–Crippen MR) is 67.2 cm³/mol. The largest absolute Gasteiger partial charge is 0.353 e. The summed E-state index contributed by atoms with van der Waals surface area (Å²) in [6.45, 7) is 5.22. The molecular formula is C12H17N5. The molecule has 1 unspecified atom stereocenters. The Bertz CT molecular complexity index is 513. The van der Waals surface area contributed by atoms with Gasteiger partial charge in [-0.3, -0.25) is 0 Å². The zero-order valence-corrected chi connectivity index (χ0v) is 9.98. The van der Waals surface area contributed by atoms with Crippen LogP contribution in [0.3, 0.4) is 0 Å². The third kappa shape index (κ3) is 2.10. The molecule has 0 aromatic carbocycles. The molecule has 3 heterocycles. The fraction of sp³-hybridized carbons (Fsp3) is 0.500. The summed E-state index contributed by atoms with van der Waals surface area (Å²) in [6, 6.07) is 4.04. The molecule has 2 N–H and O–H groups in total. The average molecular weight is 231 g/mol.